The Morgan fingerprint density at radius 1 is 1.08 bits per heavy atom. The Bertz CT molecular complexity index is 784. The van der Waals surface area contributed by atoms with Crippen molar-refractivity contribution in [1.82, 2.24) is 9.80 Å². The lowest BCUT2D eigenvalue weighted by Crippen LogP contribution is -2.33. The number of fused-ring (bicyclic) bond motifs is 1. The molecule has 1 atom stereocenters. The first-order chi connectivity index (χ1) is 11.7. The molecule has 3 nitrogen and oxygen atoms in total. The van der Waals surface area contributed by atoms with Crippen LogP contribution in [0.2, 0.25) is 0 Å². The van der Waals surface area contributed by atoms with E-state index in [4.69, 9.17) is 0 Å². The Labute approximate surface area is 143 Å². The number of benzene rings is 2. The van der Waals surface area contributed by atoms with Crippen molar-refractivity contribution in [2.75, 3.05) is 26.2 Å². The van der Waals surface area contributed by atoms with Gasteiger partial charge in [0.25, 0.3) is 0 Å². The van der Waals surface area contributed by atoms with Crippen molar-refractivity contribution in [3.63, 3.8) is 0 Å². The van der Waals surface area contributed by atoms with Crippen molar-refractivity contribution in [3.8, 4) is 0 Å². The van der Waals surface area contributed by atoms with Crippen LogP contribution >= 0.6 is 0 Å². The quantitative estimate of drug-likeness (QED) is 0.809. The molecule has 2 heterocycles. The van der Waals surface area contributed by atoms with Gasteiger partial charge < -0.3 is 4.90 Å². The predicted molar refractivity (Wildman–Crippen MR) is 97.7 cm³/mol. The van der Waals surface area contributed by atoms with Crippen LogP contribution in [0.5, 0.6) is 0 Å². The number of nitrogens with zero attached hydrogens (tertiary/aromatic N) is 2. The first-order valence-corrected chi connectivity index (χ1v) is 8.79. The minimum atomic E-state index is 0.0832. The molecule has 0 radical (unpaired) electrons. The second kappa shape index (κ2) is 6.06. The summed E-state index contributed by atoms with van der Waals surface area (Å²) in [6.45, 7) is 8.62. The highest BCUT2D eigenvalue weighted by Crippen LogP contribution is 2.40. The minimum Gasteiger partial charge on any atom is -0.339 e. The predicted octanol–water partition coefficient (Wildman–Crippen LogP) is 3.45. The van der Waals surface area contributed by atoms with E-state index in [1.807, 2.05) is 4.90 Å². The van der Waals surface area contributed by atoms with E-state index in [0.717, 1.165) is 39.1 Å². The van der Waals surface area contributed by atoms with Gasteiger partial charge in [0.1, 0.15) is 0 Å². The van der Waals surface area contributed by atoms with E-state index in [-0.39, 0.29) is 5.91 Å². The van der Waals surface area contributed by atoms with Gasteiger partial charge in [-0.1, -0.05) is 43.0 Å². The molecule has 2 aliphatic heterocycles. The fourth-order valence-electron chi connectivity index (χ4n) is 4.34. The lowest BCUT2D eigenvalue weighted by molar-refractivity contribution is -0.125. The molecule has 0 saturated carbocycles. The second-order valence-corrected chi connectivity index (χ2v) is 7.36. The summed E-state index contributed by atoms with van der Waals surface area (Å²) in [6.07, 6.45) is 3.77. The van der Waals surface area contributed by atoms with Gasteiger partial charge in [0, 0.05) is 31.6 Å². The van der Waals surface area contributed by atoms with E-state index in [9.17, 15) is 4.79 Å². The van der Waals surface area contributed by atoms with Gasteiger partial charge in [0.2, 0.25) is 5.91 Å². The molecule has 24 heavy (non-hydrogen) atoms. The minimum absolute atomic E-state index is 0.0832. The van der Waals surface area contributed by atoms with E-state index < -0.39 is 0 Å². The molecule has 1 spiro atoms. The van der Waals surface area contributed by atoms with E-state index in [1.165, 1.54) is 28.8 Å². The number of hydrogen-bond acceptors (Lipinski definition) is 2. The summed E-state index contributed by atoms with van der Waals surface area (Å²) in [4.78, 5) is 16.4. The third-order valence-corrected chi connectivity index (χ3v) is 5.66. The summed E-state index contributed by atoms with van der Waals surface area (Å²) in [7, 11) is 0. The molecule has 0 bridgehead atoms. The third-order valence-electron chi connectivity index (χ3n) is 5.66. The highest BCUT2D eigenvalue weighted by molar-refractivity contribution is 5.87. The molecule has 1 amide bonds. The van der Waals surface area contributed by atoms with Crippen LogP contribution in [-0.2, 0) is 11.3 Å². The van der Waals surface area contributed by atoms with Crippen molar-refractivity contribution in [2.24, 2.45) is 5.41 Å². The summed E-state index contributed by atoms with van der Waals surface area (Å²) in [5.41, 5.74) is 1.68. The standard InChI is InChI=1S/C21H24N2O/c1-2-20(24)23-12-10-21(16-23)9-11-22(15-21)14-17-7-8-18-5-3-4-6-19(18)13-17/h2-8,13H,1,9-12,14-16H2. The Hall–Kier alpha value is -2.13. The Balaban J connectivity index is 1.43. The fraction of sp³-hybridized carbons (Fsp3) is 0.381. The molecule has 4 rings (SSSR count). The van der Waals surface area contributed by atoms with Crippen LogP contribution in [-0.4, -0.2) is 41.9 Å². The first-order valence-electron chi connectivity index (χ1n) is 8.79. The van der Waals surface area contributed by atoms with Crippen LogP contribution in [0.15, 0.2) is 55.1 Å². The molecule has 2 aliphatic rings. The van der Waals surface area contributed by atoms with Crippen molar-refractivity contribution < 1.29 is 4.79 Å². The van der Waals surface area contributed by atoms with Crippen molar-refractivity contribution in [2.45, 2.75) is 19.4 Å². The van der Waals surface area contributed by atoms with Gasteiger partial charge >= 0.3 is 0 Å². The summed E-state index contributed by atoms with van der Waals surface area (Å²) in [5.74, 6) is 0.0832. The normalized spacial score (nSPS) is 24.1. The van der Waals surface area contributed by atoms with Crippen LogP contribution in [0.25, 0.3) is 10.8 Å². The van der Waals surface area contributed by atoms with Gasteiger partial charge in [-0.3, -0.25) is 9.69 Å². The van der Waals surface area contributed by atoms with E-state index >= 15 is 0 Å². The monoisotopic (exact) mass is 320 g/mol. The number of rotatable bonds is 3. The summed E-state index contributed by atoms with van der Waals surface area (Å²) in [5, 5.41) is 2.61. The van der Waals surface area contributed by atoms with Crippen LogP contribution in [0.4, 0.5) is 0 Å². The Morgan fingerprint density at radius 3 is 2.71 bits per heavy atom. The number of hydrogen-bond donors (Lipinski definition) is 0. The van der Waals surface area contributed by atoms with Gasteiger partial charge in [0.15, 0.2) is 0 Å². The lowest BCUT2D eigenvalue weighted by Gasteiger charge is -2.24. The smallest absolute Gasteiger partial charge is 0.245 e. The molecule has 2 fully saturated rings. The Kier molecular flexibility index (Phi) is 3.89. The van der Waals surface area contributed by atoms with Crippen LogP contribution in [0, 0.1) is 5.41 Å². The van der Waals surface area contributed by atoms with E-state index in [1.54, 1.807) is 0 Å². The maximum Gasteiger partial charge on any atom is 0.245 e. The molecular formula is C21H24N2O. The van der Waals surface area contributed by atoms with Crippen LogP contribution in [0.3, 0.4) is 0 Å². The zero-order valence-electron chi connectivity index (χ0n) is 14.1. The summed E-state index contributed by atoms with van der Waals surface area (Å²) < 4.78 is 0. The Morgan fingerprint density at radius 2 is 1.88 bits per heavy atom. The van der Waals surface area contributed by atoms with Gasteiger partial charge in [-0.05, 0) is 47.9 Å². The van der Waals surface area contributed by atoms with Gasteiger partial charge in [-0.25, -0.2) is 0 Å². The topological polar surface area (TPSA) is 23.6 Å². The highest BCUT2D eigenvalue weighted by Gasteiger charge is 2.44. The van der Waals surface area contributed by atoms with E-state index in [2.05, 4.69) is 53.9 Å². The first kappa shape index (κ1) is 15.4. The molecule has 3 heteroatoms. The molecule has 0 N–H and O–H groups in total. The van der Waals surface area contributed by atoms with Gasteiger partial charge in [0.05, 0.1) is 0 Å². The summed E-state index contributed by atoms with van der Waals surface area (Å²) in [6, 6.07) is 15.3. The number of amides is 1. The molecule has 0 aromatic heterocycles. The molecule has 2 aromatic rings. The molecule has 2 saturated heterocycles. The summed E-state index contributed by atoms with van der Waals surface area (Å²) >= 11 is 0. The molecular weight excluding hydrogens is 296 g/mol. The van der Waals surface area contributed by atoms with Gasteiger partial charge in [-0.15, -0.1) is 0 Å². The average Bonchev–Trinajstić information content (AvgIpc) is 3.21. The van der Waals surface area contributed by atoms with Crippen LogP contribution in [0.1, 0.15) is 18.4 Å². The maximum atomic E-state index is 11.8. The molecule has 124 valence electrons. The third kappa shape index (κ3) is 2.84. The average molecular weight is 320 g/mol. The fourth-order valence-corrected chi connectivity index (χ4v) is 4.34. The van der Waals surface area contributed by atoms with Gasteiger partial charge in [-0.2, -0.15) is 0 Å². The number of carbonyl (C=O) groups is 1. The lowest BCUT2D eigenvalue weighted by atomic mass is 9.86. The van der Waals surface area contributed by atoms with E-state index in [0.29, 0.717) is 5.41 Å². The highest BCUT2D eigenvalue weighted by atomic mass is 16.2. The molecule has 1 unspecified atom stereocenters. The molecule has 0 aliphatic carbocycles. The zero-order chi connectivity index (χ0) is 16.6. The van der Waals surface area contributed by atoms with Crippen LogP contribution < -0.4 is 0 Å². The van der Waals surface area contributed by atoms with Crippen molar-refractivity contribution >= 4 is 16.7 Å². The van der Waals surface area contributed by atoms with Crippen molar-refractivity contribution in [3.05, 3.63) is 60.7 Å². The maximum absolute atomic E-state index is 11.8. The second-order valence-electron chi connectivity index (χ2n) is 7.36. The largest absolute Gasteiger partial charge is 0.339 e. The molecule has 2 aromatic carbocycles. The number of carbonyl (C=O) groups excluding carboxylic acids is 1. The SMILES string of the molecule is C=CC(=O)N1CCC2(CCN(Cc3ccc4ccccc4c3)C2)C1. The number of likely N-dealkylation sites (tertiary alicyclic amines) is 2. The van der Waals surface area contributed by atoms with Crippen molar-refractivity contribution in [1.29, 1.82) is 0 Å². The zero-order valence-corrected chi connectivity index (χ0v) is 14.1.